The van der Waals surface area contributed by atoms with Crippen molar-refractivity contribution in [1.29, 1.82) is 0 Å². The van der Waals surface area contributed by atoms with Gasteiger partial charge in [-0.25, -0.2) is 0 Å². The zero-order valence-corrected chi connectivity index (χ0v) is 11.7. The Bertz CT molecular complexity index is 638. The van der Waals surface area contributed by atoms with Crippen molar-refractivity contribution in [3.8, 4) is 0 Å². The predicted molar refractivity (Wildman–Crippen MR) is 80.4 cm³/mol. The second-order valence-electron chi connectivity index (χ2n) is 4.85. The molecule has 0 aliphatic rings. The Morgan fingerprint density at radius 1 is 0.857 bits per heavy atom. The zero-order chi connectivity index (χ0) is 14.3. The summed E-state index contributed by atoms with van der Waals surface area (Å²) in [5.41, 5.74) is 2.32. The third-order valence-corrected chi connectivity index (χ3v) is 3.31. The number of aromatic nitrogens is 3. The van der Waals surface area contributed by atoms with Gasteiger partial charge in [0.05, 0.1) is 13.2 Å². The highest BCUT2D eigenvalue weighted by molar-refractivity contribution is 5.18. The van der Waals surface area contributed by atoms with Crippen molar-refractivity contribution in [3.63, 3.8) is 0 Å². The van der Waals surface area contributed by atoms with Crippen molar-refractivity contribution in [2.24, 2.45) is 0 Å². The second kappa shape index (κ2) is 6.81. The molecule has 0 saturated heterocycles. The van der Waals surface area contributed by atoms with E-state index in [1.54, 1.807) is 12.7 Å². The molecule has 4 heteroatoms. The first-order valence-corrected chi connectivity index (χ1v) is 6.95. The van der Waals surface area contributed by atoms with Crippen LogP contribution in [0.4, 0.5) is 0 Å². The summed E-state index contributed by atoms with van der Waals surface area (Å²) >= 11 is 0. The van der Waals surface area contributed by atoms with Gasteiger partial charge in [-0.3, -0.25) is 0 Å². The van der Waals surface area contributed by atoms with Crippen LogP contribution in [0.5, 0.6) is 0 Å². The third-order valence-electron chi connectivity index (χ3n) is 3.31. The van der Waals surface area contributed by atoms with E-state index in [0.29, 0.717) is 13.2 Å². The van der Waals surface area contributed by atoms with E-state index in [2.05, 4.69) is 34.5 Å². The molecule has 0 aliphatic heterocycles. The number of benzene rings is 2. The van der Waals surface area contributed by atoms with Gasteiger partial charge in [-0.2, -0.15) is 0 Å². The fourth-order valence-electron chi connectivity index (χ4n) is 2.20. The minimum absolute atomic E-state index is 0.0255. The Labute approximate surface area is 124 Å². The van der Waals surface area contributed by atoms with Crippen LogP contribution in [0.3, 0.4) is 0 Å². The van der Waals surface area contributed by atoms with Gasteiger partial charge in [0.15, 0.2) is 0 Å². The topological polar surface area (TPSA) is 39.9 Å². The smallest absolute Gasteiger partial charge is 0.119 e. The van der Waals surface area contributed by atoms with Crippen LogP contribution in [0.25, 0.3) is 0 Å². The molecule has 4 nitrogen and oxygen atoms in total. The van der Waals surface area contributed by atoms with E-state index in [0.717, 1.165) is 5.56 Å². The Morgan fingerprint density at radius 3 is 2.14 bits per heavy atom. The Hall–Kier alpha value is -2.46. The summed E-state index contributed by atoms with van der Waals surface area (Å²) in [5, 5.41) is 7.69. The summed E-state index contributed by atoms with van der Waals surface area (Å²) in [7, 11) is 0. The third kappa shape index (κ3) is 3.77. The fourth-order valence-corrected chi connectivity index (χ4v) is 2.20. The Morgan fingerprint density at radius 2 is 1.48 bits per heavy atom. The van der Waals surface area contributed by atoms with Crippen molar-refractivity contribution >= 4 is 0 Å². The van der Waals surface area contributed by atoms with Gasteiger partial charge in [-0.05, 0) is 11.1 Å². The number of hydrogen-bond donors (Lipinski definition) is 0. The number of hydrogen-bond acceptors (Lipinski definition) is 3. The Balaban J connectivity index is 1.73. The summed E-state index contributed by atoms with van der Waals surface area (Å²) in [6.07, 6.45) is 3.39. The van der Waals surface area contributed by atoms with Crippen LogP contribution in [0.15, 0.2) is 73.3 Å². The minimum Gasteiger partial charge on any atom is -0.367 e. The van der Waals surface area contributed by atoms with E-state index in [1.165, 1.54) is 5.56 Å². The molecular weight excluding hydrogens is 262 g/mol. The molecule has 3 aromatic rings. The van der Waals surface area contributed by atoms with E-state index in [-0.39, 0.29) is 6.10 Å². The average molecular weight is 279 g/mol. The lowest BCUT2D eigenvalue weighted by molar-refractivity contribution is 0.0279. The van der Waals surface area contributed by atoms with Gasteiger partial charge >= 0.3 is 0 Å². The Kier molecular flexibility index (Phi) is 4.39. The highest BCUT2D eigenvalue weighted by Gasteiger charge is 2.13. The van der Waals surface area contributed by atoms with E-state index in [1.807, 2.05) is 41.0 Å². The van der Waals surface area contributed by atoms with Gasteiger partial charge in [0.2, 0.25) is 0 Å². The number of nitrogens with zero attached hydrogens (tertiary/aromatic N) is 3. The monoisotopic (exact) mass is 279 g/mol. The largest absolute Gasteiger partial charge is 0.367 e. The van der Waals surface area contributed by atoms with Crippen LogP contribution in [0, 0.1) is 0 Å². The molecule has 2 aromatic carbocycles. The van der Waals surface area contributed by atoms with Gasteiger partial charge in [-0.15, -0.1) is 10.2 Å². The highest BCUT2D eigenvalue weighted by Crippen LogP contribution is 2.21. The lowest BCUT2D eigenvalue weighted by atomic mass is 10.1. The molecule has 0 fully saturated rings. The fraction of sp³-hybridized carbons (Fsp3) is 0.176. The van der Waals surface area contributed by atoms with Crippen molar-refractivity contribution in [3.05, 3.63) is 84.4 Å². The summed E-state index contributed by atoms with van der Waals surface area (Å²) < 4.78 is 8.04. The first-order valence-electron chi connectivity index (χ1n) is 6.95. The number of ether oxygens (including phenoxy) is 1. The average Bonchev–Trinajstić information content (AvgIpc) is 3.06. The molecule has 3 rings (SSSR count). The van der Waals surface area contributed by atoms with Crippen LogP contribution in [0.2, 0.25) is 0 Å². The van der Waals surface area contributed by atoms with Crippen LogP contribution in [0.1, 0.15) is 17.2 Å². The van der Waals surface area contributed by atoms with E-state index in [9.17, 15) is 0 Å². The van der Waals surface area contributed by atoms with Gasteiger partial charge in [0.1, 0.15) is 18.8 Å². The van der Waals surface area contributed by atoms with Crippen molar-refractivity contribution in [2.75, 3.05) is 0 Å². The van der Waals surface area contributed by atoms with Crippen molar-refractivity contribution < 1.29 is 4.74 Å². The molecule has 21 heavy (non-hydrogen) atoms. The molecule has 0 radical (unpaired) electrons. The maximum Gasteiger partial charge on any atom is 0.119 e. The van der Waals surface area contributed by atoms with Gasteiger partial charge in [-0.1, -0.05) is 60.7 Å². The molecule has 0 amide bonds. The second-order valence-corrected chi connectivity index (χ2v) is 4.85. The molecule has 0 aliphatic carbocycles. The van der Waals surface area contributed by atoms with E-state index < -0.39 is 0 Å². The highest BCUT2D eigenvalue weighted by atomic mass is 16.5. The summed E-state index contributed by atoms with van der Waals surface area (Å²) in [6, 6.07) is 20.4. The van der Waals surface area contributed by atoms with Gasteiger partial charge in [0, 0.05) is 0 Å². The molecule has 0 saturated carbocycles. The van der Waals surface area contributed by atoms with Crippen LogP contribution < -0.4 is 0 Å². The number of rotatable bonds is 6. The molecular formula is C17H17N3O. The van der Waals surface area contributed by atoms with Crippen LogP contribution >= 0.6 is 0 Å². The quantitative estimate of drug-likeness (QED) is 0.695. The molecule has 1 unspecified atom stereocenters. The molecule has 1 atom stereocenters. The molecule has 0 N–H and O–H groups in total. The van der Waals surface area contributed by atoms with Crippen molar-refractivity contribution in [1.82, 2.24) is 14.8 Å². The summed E-state index contributed by atoms with van der Waals surface area (Å²) in [4.78, 5) is 0. The first-order chi connectivity index (χ1) is 10.4. The maximum absolute atomic E-state index is 6.11. The molecule has 0 bridgehead atoms. The zero-order valence-electron chi connectivity index (χ0n) is 11.7. The SMILES string of the molecule is c1ccc(COC(Cn2cnnc2)c2ccccc2)cc1. The maximum atomic E-state index is 6.11. The predicted octanol–water partition coefficient (Wildman–Crippen LogP) is 3.24. The standard InChI is InChI=1S/C17H17N3O/c1-3-7-15(8-4-1)12-21-17(11-20-13-18-19-14-20)16-9-5-2-6-10-16/h1-10,13-14,17H,11-12H2. The molecule has 0 spiro atoms. The summed E-state index contributed by atoms with van der Waals surface area (Å²) in [6.45, 7) is 1.28. The first kappa shape index (κ1) is 13.5. The van der Waals surface area contributed by atoms with Crippen molar-refractivity contribution in [2.45, 2.75) is 19.3 Å². The van der Waals surface area contributed by atoms with E-state index in [4.69, 9.17) is 4.74 Å². The summed E-state index contributed by atoms with van der Waals surface area (Å²) in [5.74, 6) is 0. The lowest BCUT2D eigenvalue weighted by Crippen LogP contribution is -2.12. The van der Waals surface area contributed by atoms with E-state index >= 15 is 0 Å². The van der Waals surface area contributed by atoms with Crippen LogP contribution in [-0.2, 0) is 17.9 Å². The van der Waals surface area contributed by atoms with Crippen LogP contribution in [-0.4, -0.2) is 14.8 Å². The molecule has 106 valence electrons. The lowest BCUT2D eigenvalue weighted by Gasteiger charge is -2.18. The molecule has 1 aromatic heterocycles. The minimum atomic E-state index is -0.0255. The molecule has 1 heterocycles. The van der Waals surface area contributed by atoms with Gasteiger partial charge in [0.25, 0.3) is 0 Å². The van der Waals surface area contributed by atoms with Gasteiger partial charge < -0.3 is 9.30 Å². The normalized spacial score (nSPS) is 12.2.